The van der Waals surface area contributed by atoms with Crippen LogP contribution in [0.1, 0.15) is 39.7 Å². The van der Waals surface area contributed by atoms with Crippen molar-refractivity contribution < 1.29 is 4.79 Å². The van der Waals surface area contributed by atoms with E-state index in [0.29, 0.717) is 18.9 Å². The van der Waals surface area contributed by atoms with Gasteiger partial charge in [0.25, 0.3) is 0 Å². The first-order valence-corrected chi connectivity index (χ1v) is 8.14. The predicted octanol–water partition coefficient (Wildman–Crippen LogP) is 2.04. The summed E-state index contributed by atoms with van der Waals surface area (Å²) in [6.07, 6.45) is 0.432. The molecule has 0 aromatic heterocycles. The lowest BCUT2D eigenvalue weighted by atomic mass is 9.85. The highest BCUT2D eigenvalue weighted by molar-refractivity contribution is 5.81. The van der Waals surface area contributed by atoms with Gasteiger partial charge in [-0.1, -0.05) is 44.2 Å². The number of aliphatic imine (C=N–C) groups is 1. The van der Waals surface area contributed by atoms with Crippen LogP contribution in [0.25, 0.3) is 0 Å². The Morgan fingerprint density at radius 2 is 1.83 bits per heavy atom. The summed E-state index contributed by atoms with van der Waals surface area (Å²) in [6, 6.07) is 10.6. The minimum atomic E-state index is -0.00605. The number of hydrogen-bond acceptors (Lipinski definition) is 2. The summed E-state index contributed by atoms with van der Waals surface area (Å²) in [7, 11) is 1.74. The molecule has 0 spiro atoms. The van der Waals surface area contributed by atoms with Crippen molar-refractivity contribution in [3.05, 3.63) is 35.9 Å². The molecule has 1 rings (SSSR count). The number of nitrogens with zero attached hydrogens (tertiary/aromatic N) is 1. The van der Waals surface area contributed by atoms with E-state index in [1.807, 2.05) is 19.9 Å². The second kappa shape index (κ2) is 9.18. The third-order valence-electron chi connectivity index (χ3n) is 3.57. The topological polar surface area (TPSA) is 65.5 Å². The van der Waals surface area contributed by atoms with Crippen molar-refractivity contribution in [1.82, 2.24) is 16.0 Å². The van der Waals surface area contributed by atoms with E-state index in [2.05, 4.69) is 59.1 Å². The summed E-state index contributed by atoms with van der Waals surface area (Å²) in [5, 5.41) is 9.38. The van der Waals surface area contributed by atoms with E-state index in [1.54, 1.807) is 7.05 Å². The molecule has 5 heteroatoms. The summed E-state index contributed by atoms with van der Waals surface area (Å²) >= 11 is 0. The number of amides is 1. The fourth-order valence-electron chi connectivity index (χ4n) is 2.21. The molecule has 1 aromatic rings. The summed E-state index contributed by atoms with van der Waals surface area (Å²) < 4.78 is 0. The Balaban J connectivity index is 2.41. The van der Waals surface area contributed by atoms with Gasteiger partial charge in [0, 0.05) is 38.0 Å². The number of hydrogen-bond donors (Lipinski definition) is 3. The van der Waals surface area contributed by atoms with Crippen LogP contribution >= 0.6 is 0 Å². The van der Waals surface area contributed by atoms with Crippen LogP contribution in [-0.2, 0) is 10.2 Å². The Bertz CT molecular complexity index is 509. The maximum absolute atomic E-state index is 11.6. The van der Waals surface area contributed by atoms with Crippen molar-refractivity contribution in [3.8, 4) is 0 Å². The third-order valence-corrected chi connectivity index (χ3v) is 3.57. The lowest BCUT2D eigenvalue weighted by Gasteiger charge is -2.26. The molecule has 0 aliphatic rings. The van der Waals surface area contributed by atoms with E-state index in [9.17, 15) is 4.79 Å². The van der Waals surface area contributed by atoms with Crippen molar-refractivity contribution in [1.29, 1.82) is 0 Å². The van der Waals surface area contributed by atoms with Crippen LogP contribution in [0.3, 0.4) is 0 Å². The molecule has 128 valence electrons. The van der Waals surface area contributed by atoms with Gasteiger partial charge < -0.3 is 16.0 Å². The molecule has 1 amide bonds. The summed E-state index contributed by atoms with van der Waals surface area (Å²) in [4.78, 5) is 15.8. The van der Waals surface area contributed by atoms with Gasteiger partial charge >= 0.3 is 0 Å². The Hall–Kier alpha value is -2.04. The largest absolute Gasteiger partial charge is 0.356 e. The molecule has 0 heterocycles. The molecule has 0 aliphatic heterocycles. The Kier molecular flexibility index (Phi) is 7.59. The van der Waals surface area contributed by atoms with Crippen molar-refractivity contribution in [2.75, 3.05) is 20.1 Å². The van der Waals surface area contributed by atoms with Crippen molar-refractivity contribution in [3.63, 3.8) is 0 Å². The summed E-state index contributed by atoms with van der Waals surface area (Å²) in [5.74, 6) is 0.763. The van der Waals surface area contributed by atoms with E-state index >= 15 is 0 Å². The molecular formula is C18H30N4O. The van der Waals surface area contributed by atoms with Crippen LogP contribution in [0, 0.1) is 0 Å². The monoisotopic (exact) mass is 318 g/mol. The molecule has 0 aliphatic carbocycles. The number of nitrogens with one attached hydrogen (secondary N) is 3. The van der Waals surface area contributed by atoms with Crippen molar-refractivity contribution >= 4 is 11.9 Å². The quantitative estimate of drug-likeness (QED) is 0.532. The number of guanidine groups is 1. The van der Waals surface area contributed by atoms with E-state index in [1.165, 1.54) is 5.56 Å². The van der Waals surface area contributed by atoms with Crippen LogP contribution in [-0.4, -0.2) is 38.0 Å². The fourth-order valence-corrected chi connectivity index (χ4v) is 2.21. The van der Waals surface area contributed by atoms with Crippen LogP contribution in [0.15, 0.2) is 35.3 Å². The van der Waals surface area contributed by atoms with E-state index in [0.717, 1.165) is 6.54 Å². The minimum Gasteiger partial charge on any atom is -0.356 e. The van der Waals surface area contributed by atoms with Crippen molar-refractivity contribution in [2.24, 2.45) is 4.99 Å². The molecule has 0 radical (unpaired) electrons. The molecular weight excluding hydrogens is 288 g/mol. The average Bonchev–Trinajstić information content (AvgIpc) is 2.50. The molecule has 0 saturated carbocycles. The second-order valence-corrected chi connectivity index (χ2v) is 6.57. The molecule has 23 heavy (non-hydrogen) atoms. The number of benzene rings is 1. The van der Waals surface area contributed by atoms with Crippen LogP contribution < -0.4 is 16.0 Å². The van der Waals surface area contributed by atoms with Crippen LogP contribution in [0.4, 0.5) is 0 Å². The second-order valence-electron chi connectivity index (χ2n) is 6.57. The Morgan fingerprint density at radius 3 is 2.39 bits per heavy atom. The zero-order chi connectivity index (χ0) is 17.3. The minimum absolute atomic E-state index is 0.00605. The first-order chi connectivity index (χ1) is 10.8. The normalized spacial score (nSPS) is 12.2. The lowest BCUT2D eigenvalue weighted by molar-refractivity contribution is -0.121. The zero-order valence-corrected chi connectivity index (χ0v) is 14.9. The first-order valence-electron chi connectivity index (χ1n) is 8.14. The molecule has 0 bridgehead atoms. The van der Waals surface area contributed by atoms with E-state index in [-0.39, 0.29) is 17.4 Å². The van der Waals surface area contributed by atoms with Gasteiger partial charge in [0.15, 0.2) is 5.96 Å². The highest BCUT2D eigenvalue weighted by Crippen LogP contribution is 2.21. The van der Waals surface area contributed by atoms with Gasteiger partial charge in [-0.05, 0) is 19.4 Å². The summed E-state index contributed by atoms with van der Waals surface area (Å²) in [6.45, 7) is 9.62. The predicted molar refractivity (Wildman–Crippen MR) is 96.7 cm³/mol. The smallest absolute Gasteiger partial charge is 0.221 e. The molecule has 5 nitrogen and oxygen atoms in total. The van der Waals surface area contributed by atoms with Gasteiger partial charge in [-0.15, -0.1) is 0 Å². The van der Waals surface area contributed by atoms with Gasteiger partial charge in [-0.2, -0.15) is 0 Å². The van der Waals surface area contributed by atoms with E-state index < -0.39 is 0 Å². The molecule has 0 fully saturated rings. The average molecular weight is 318 g/mol. The Morgan fingerprint density at radius 1 is 1.17 bits per heavy atom. The number of carbonyl (C=O) groups excluding carboxylic acids is 1. The molecule has 1 aromatic carbocycles. The lowest BCUT2D eigenvalue weighted by Crippen LogP contribution is -2.44. The highest BCUT2D eigenvalue weighted by Gasteiger charge is 2.20. The maximum atomic E-state index is 11.6. The van der Waals surface area contributed by atoms with Gasteiger partial charge in [-0.25, -0.2) is 0 Å². The molecule has 0 atom stereocenters. The molecule has 0 saturated heterocycles. The van der Waals surface area contributed by atoms with E-state index in [4.69, 9.17) is 0 Å². The van der Waals surface area contributed by atoms with Gasteiger partial charge in [0.1, 0.15) is 0 Å². The van der Waals surface area contributed by atoms with Gasteiger partial charge in [-0.3, -0.25) is 9.79 Å². The van der Waals surface area contributed by atoms with Gasteiger partial charge in [0.2, 0.25) is 5.91 Å². The SMILES string of the molecule is CN=C(NCCC(=O)NC(C)C)NCC(C)(C)c1ccccc1. The van der Waals surface area contributed by atoms with Crippen molar-refractivity contribution in [2.45, 2.75) is 45.6 Å². The van der Waals surface area contributed by atoms with Gasteiger partial charge in [0.05, 0.1) is 0 Å². The van der Waals surface area contributed by atoms with Crippen LogP contribution in [0.2, 0.25) is 0 Å². The fraction of sp³-hybridized carbons (Fsp3) is 0.556. The molecule has 0 unspecified atom stereocenters. The number of rotatable bonds is 7. The maximum Gasteiger partial charge on any atom is 0.221 e. The standard InChI is InChI=1S/C18H30N4O/c1-14(2)22-16(23)11-12-20-17(19-5)21-13-18(3,4)15-9-7-6-8-10-15/h6-10,14H,11-13H2,1-5H3,(H,22,23)(H2,19,20,21). The zero-order valence-electron chi connectivity index (χ0n) is 14.9. The number of carbonyl (C=O) groups is 1. The first kappa shape index (κ1) is 19.0. The van der Waals surface area contributed by atoms with Crippen LogP contribution in [0.5, 0.6) is 0 Å². The molecule has 3 N–H and O–H groups in total. The summed E-state index contributed by atoms with van der Waals surface area (Å²) in [5.41, 5.74) is 1.27. The Labute approximate surface area is 140 Å². The highest BCUT2D eigenvalue weighted by atomic mass is 16.1. The third kappa shape index (κ3) is 7.17.